The summed E-state index contributed by atoms with van der Waals surface area (Å²) in [5, 5.41) is 14.5. The van der Waals surface area contributed by atoms with Crippen molar-refractivity contribution in [1.29, 1.82) is 0 Å². The van der Waals surface area contributed by atoms with E-state index in [1.165, 1.54) is 12.1 Å². The van der Waals surface area contributed by atoms with E-state index < -0.39 is 11.7 Å². The van der Waals surface area contributed by atoms with Crippen molar-refractivity contribution in [3.8, 4) is 0 Å². The van der Waals surface area contributed by atoms with Gasteiger partial charge in [-0.25, -0.2) is 4.99 Å². The third-order valence-electron chi connectivity index (χ3n) is 4.26. The Balaban J connectivity index is 0.00000450. The number of benzene rings is 1. The highest BCUT2D eigenvalue weighted by molar-refractivity contribution is 14.0. The van der Waals surface area contributed by atoms with Gasteiger partial charge in [-0.3, -0.25) is 0 Å². The zero-order valence-corrected chi connectivity index (χ0v) is 19.6. The number of ether oxygens (including phenoxy) is 1. The molecule has 0 aliphatic rings. The highest BCUT2D eigenvalue weighted by Crippen LogP contribution is 2.29. The first-order valence-corrected chi connectivity index (χ1v) is 9.42. The van der Waals surface area contributed by atoms with Gasteiger partial charge in [-0.05, 0) is 38.0 Å². The summed E-state index contributed by atoms with van der Waals surface area (Å²) < 4.78 is 45.2. The largest absolute Gasteiger partial charge is 0.416 e. The predicted molar refractivity (Wildman–Crippen MR) is 120 cm³/mol. The topological polar surface area (TPSA) is 76.4 Å². The Morgan fingerprint density at radius 1 is 1.17 bits per heavy atom. The summed E-state index contributed by atoms with van der Waals surface area (Å²) in [6, 6.07) is 5.00. The van der Waals surface area contributed by atoms with Gasteiger partial charge < -0.3 is 19.9 Å². The zero-order chi connectivity index (χ0) is 21.3. The number of hydrogen-bond donors (Lipinski definition) is 2. The van der Waals surface area contributed by atoms with Gasteiger partial charge >= 0.3 is 6.18 Å². The Morgan fingerprint density at radius 2 is 1.87 bits per heavy atom. The maximum Gasteiger partial charge on any atom is 0.416 e. The number of halogens is 4. The third-order valence-corrected chi connectivity index (χ3v) is 4.26. The number of aryl methyl sites for hydroxylation is 1. The normalized spacial score (nSPS) is 11.9. The second-order valence-corrected chi connectivity index (χ2v) is 6.41. The van der Waals surface area contributed by atoms with E-state index in [1.807, 2.05) is 25.5 Å². The van der Waals surface area contributed by atoms with Crippen LogP contribution in [0.5, 0.6) is 0 Å². The molecule has 1 aromatic heterocycles. The number of nitrogens with zero attached hydrogens (tertiary/aromatic N) is 4. The Morgan fingerprint density at radius 3 is 2.43 bits per heavy atom. The van der Waals surface area contributed by atoms with Crippen molar-refractivity contribution in [2.24, 2.45) is 12.0 Å². The molecule has 0 radical (unpaired) electrons. The molecule has 0 bridgehead atoms. The summed E-state index contributed by atoms with van der Waals surface area (Å²) >= 11 is 0. The van der Waals surface area contributed by atoms with Gasteiger partial charge in [-0.1, -0.05) is 12.1 Å². The van der Waals surface area contributed by atoms with E-state index in [4.69, 9.17) is 4.74 Å². The van der Waals surface area contributed by atoms with Crippen molar-refractivity contribution < 1.29 is 17.9 Å². The van der Waals surface area contributed by atoms with Gasteiger partial charge in [0.05, 0.1) is 18.7 Å². The van der Waals surface area contributed by atoms with Crippen LogP contribution in [0.3, 0.4) is 0 Å². The maximum atomic E-state index is 12.7. The van der Waals surface area contributed by atoms with Crippen LogP contribution in [0.2, 0.25) is 0 Å². The molecule has 1 aromatic carbocycles. The van der Waals surface area contributed by atoms with E-state index in [2.05, 4.69) is 25.8 Å². The summed E-state index contributed by atoms with van der Waals surface area (Å²) in [4.78, 5) is 4.47. The molecule has 0 amide bonds. The lowest BCUT2D eigenvalue weighted by atomic mass is 10.1. The summed E-state index contributed by atoms with van der Waals surface area (Å²) in [7, 11) is 1.88. The van der Waals surface area contributed by atoms with Crippen molar-refractivity contribution in [2.75, 3.05) is 19.8 Å². The van der Waals surface area contributed by atoms with Crippen molar-refractivity contribution in [1.82, 2.24) is 25.4 Å². The Hall–Kier alpha value is -1.89. The summed E-state index contributed by atoms with van der Waals surface area (Å²) in [5.41, 5.74) is 0.0122. The molecule has 0 fully saturated rings. The van der Waals surface area contributed by atoms with E-state index in [1.54, 1.807) is 0 Å². The quantitative estimate of drug-likeness (QED) is 0.221. The predicted octanol–water partition coefficient (Wildman–Crippen LogP) is 3.42. The summed E-state index contributed by atoms with van der Waals surface area (Å²) in [6.07, 6.45) is -3.54. The van der Waals surface area contributed by atoms with Gasteiger partial charge in [0.1, 0.15) is 5.82 Å². The molecule has 0 saturated heterocycles. The Labute approximate surface area is 191 Å². The smallest absolute Gasteiger partial charge is 0.382 e. The zero-order valence-electron chi connectivity index (χ0n) is 17.3. The average Bonchev–Trinajstić information content (AvgIpc) is 3.01. The van der Waals surface area contributed by atoms with Crippen molar-refractivity contribution in [3.05, 3.63) is 47.0 Å². The van der Waals surface area contributed by atoms with E-state index >= 15 is 0 Å². The molecule has 2 N–H and O–H groups in total. The molecule has 30 heavy (non-hydrogen) atoms. The number of aliphatic imine (C=N–C) groups is 1. The van der Waals surface area contributed by atoms with Gasteiger partial charge in [-0.15, -0.1) is 34.2 Å². The molecule has 0 unspecified atom stereocenters. The number of alkyl halides is 3. The molecule has 168 valence electrons. The van der Waals surface area contributed by atoms with Crippen LogP contribution in [-0.2, 0) is 31.1 Å². The number of guanidine groups is 1. The van der Waals surface area contributed by atoms with E-state index in [-0.39, 0.29) is 30.5 Å². The number of hydrogen-bond acceptors (Lipinski definition) is 4. The minimum Gasteiger partial charge on any atom is -0.382 e. The molecule has 0 atom stereocenters. The van der Waals surface area contributed by atoms with E-state index in [0.29, 0.717) is 37.8 Å². The fourth-order valence-corrected chi connectivity index (χ4v) is 2.44. The highest BCUT2D eigenvalue weighted by atomic mass is 127. The summed E-state index contributed by atoms with van der Waals surface area (Å²) in [5.74, 6) is 2.10. The second kappa shape index (κ2) is 12.7. The van der Waals surface area contributed by atoms with Crippen LogP contribution in [0, 0.1) is 6.92 Å². The van der Waals surface area contributed by atoms with Crippen LogP contribution in [0.1, 0.15) is 36.1 Å². The van der Waals surface area contributed by atoms with Crippen LogP contribution in [0.25, 0.3) is 0 Å². The fourth-order valence-electron chi connectivity index (χ4n) is 2.44. The molecular weight excluding hydrogens is 512 g/mol. The van der Waals surface area contributed by atoms with Crippen LogP contribution in [0.4, 0.5) is 13.2 Å². The molecular formula is C19H28F3IN6O. The minimum absolute atomic E-state index is 0. The number of rotatable bonds is 9. The third kappa shape index (κ3) is 8.46. The van der Waals surface area contributed by atoms with Crippen molar-refractivity contribution in [2.45, 2.75) is 39.5 Å². The number of aromatic nitrogens is 3. The van der Waals surface area contributed by atoms with Crippen LogP contribution >= 0.6 is 24.0 Å². The average molecular weight is 540 g/mol. The number of nitrogens with one attached hydrogen (secondary N) is 2. The summed E-state index contributed by atoms with van der Waals surface area (Å²) in [6.45, 7) is 6.42. The SMILES string of the molecule is CCOCCCNC(=NCc1ccc(C(F)(F)F)cc1)NCc1nnc(C)n1C.I. The Bertz CT molecular complexity index is 793. The van der Waals surface area contributed by atoms with Crippen LogP contribution in [0.15, 0.2) is 29.3 Å². The lowest BCUT2D eigenvalue weighted by Gasteiger charge is -2.13. The molecule has 2 aromatic rings. The monoisotopic (exact) mass is 540 g/mol. The Kier molecular flexibility index (Phi) is 11.1. The van der Waals surface area contributed by atoms with E-state index in [9.17, 15) is 13.2 Å². The first-order chi connectivity index (χ1) is 13.8. The maximum absolute atomic E-state index is 12.7. The molecule has 1 heterocycles. The molecule has 0 saturated carbocycles. The van der Waals surface area contributed by atoms with Gasteiger partial charge in [0.25, 0.3) is 0 Å². The molecule has 0 aliphatic heterocycles. The lowest BCUT2D eigenvalue weighted by Crippen LogP contribution is -2.38. The van der Waals surface area contributed by atoms with Crippen LogP contribution < -0.4 is 10.6 Å². The molecule has 7 nitrogen and oxygen atoms in total. The first-order valence-electron chi connectivity index (χ1n) is 9.42. The minimum atomic E-state index is -4.34. The first kappa shape index (κ1) is 26.1. The van der Waals surface area contributed by atoms with Gasteiger partial charge in [0.2, 0.25) is 0 Å². The fraction of sp³-hybridized carbons (Fsp3) is 0.526. The molecule has 2 rings (SSSR count). The van der Waals surface area contributed by atoms with Crippen LogP contribution in [-0.4, -0.2) is 40.5 Å². The highest BCUT2D eigenvalue weighted by Gasteiger charge is 2.29. The van der Waals surface area contributed by atoms with Crippen molar-refractivity contribution >= 4 is 29.9 Å². The van der Waals surface area contributed by atoms with Crippen molar-refractivity contribution in [3.63, 3.8) is 0 Å². The van der Waals surface area contributed by atoms with E-state index in [0.717, 1.165) is 30.2 Å². The second-order valence-electron chi connectivity index (χ2n) is 6.41. The lowest BCUT2D eigenvalue weighted by molar-refractivity contribution is -0.137. The molecule has 0 spiro atoms. The standard InChI is InChI=1S/C19H27F3N6O.HI/c1-4-29-11-5-10-23-18(25-13-17-27-26-14(2)28(17)3)24-12-15-6-8-16(9-7-15)19(20,21)22;/h6-9H,4-5,10-13H2,1-3H3,(H2,23,24,25);1H. The van der Waals surface area contributed by atoms with Gasteiger partial charge in [-0.2, -0.15) is 13.2 Å². The molecule has 0 aliphatic carbocycles. The van der Waals surface area contributed by atoms with Gasteiger partial charge in [0.15, 0.2) is 11.8 Å². The van der Waals surface area contributed by atoms with Gasteiger partial charge in [0, 0.05) is 26.8 Å². The molecule has 11 heteroatoms.